The largest absolute Gasteiger partial charge is 0.439 e. The first-order chi connectivity index (χ1) is 12.2. The molecule has 0 aliphatic rings. The third-order valence-corrected chi connectivity index (χ3v) is 3.32. The van der Waals surface area contributed by atoms with Crippen molar-refractivity contribution in [3.05, 3.63) is 35.3 Å². The van der Waals surface area contributed by atoms with Crippen LogP contribution in [0, 0.1) is 24.4 Å². The maximum Gasteiger partial charge on any atom is 0.437 e. The Bertz CT molecular complexity index is 843. The van der Waals surface area contributed by atoms with Crippen LogP contribution in [0.2, 0.25) is 0 Å². The van der Waals surface area contributed by atoms with Crippen LogP contribution in [0.4, 0.5) is 32.6 Å². The minimum atomic E-state index is -2.93. The number of hydrogen-bond acceptors (Lipinski definition) is 4. The van der Waals surface area contributed by atoms with Crippen LogP contribution in [-0.2, 0) is 4.74 Å². The number of nitrogens with two attached hydrogens (primary N) is 1. The maximum absolute atomic E-state index is 13.5. The second-order valence-electron chi connectivity index (χ2n) is 5.15. The van der Waals surface area contributed by atoms with Gasteiger partial charge in [-0.25, -0.2) is 31.7 Å². The summed E-state index contributed by atoms with van der Waals surface area (Å²) in [6.07, 6.45) is -5.20. The molecule has 0 radical (unpaired) electrons. The maximum atomic E-state index is 13.5. The number of nitrogens with zero attached hydrogens (tertiary/aromatic N) is 3. The molecule has 0 bridgehead atoms. The second-order valence-corrected chi connectivity index (χ2v) is 5.15. The van der Waals surface area contributed by atoms with Gasteiger partial charge in [-0.05, 0) is 31.5 Å². The van der Waals surface area contributed by atoms with E-state index in [1.54, 1.807) is 0 Å². The Balaban J connectivity index is 2.59. The lowest BCUT2D eigenvalue weighted by Gasteiger charge is -2.12. The molecule has 2 aromatic rings. The highest BCUT2D eigenvalue weighted by molar-refractivity contribution is 5.85. The number of aliphatic imine (C=N–C) groups is 1. The van der Waals surface area contributed by atoms with Crippen LogP contribution in [0.15, 0.2) is 17.1 Å². The van der Waals surface area contributed by atoms with E-state index in [2.05, 4.69) is 14.8 Å². The molecule has 0 aliphatic heterocycles. The molecule has 6 nitrogen and oxygen atoms in total. The van der Waals surface area contributed by atoms with E-state index in [9.17, 15) is 26.7 Å². The fourth-order valence-electron chi connectivity index (χ4n) is 2.13. The number of carbonyl (C=O) groups is 1. The van der Waals surface area contributed by atoms with Gasteiger partial charge in [0.1, 0.15) is 0 Å². The number of rotatable bonds is 4. The third-order valence-electron chi connectivity index (χ3n) is 3.32. The lowest BCUT2D eigenvalue weighted by Crippen LogP contribution is -2.26. The summed E-state index contributed by atoms with van der Waals surface area (Å²) in [5, 5.41) is 3.79. The first-order valence-corrected chi connectivity index (χ1v) is 7.15. The summed E-state index contributed by atoms with van der Waals surface area (Å²) in [7, 11) is 0. The van der Waals surface area contributed by atoms with E-state index in [-0.39, 0.29) is 22.6 Å². The molecule has 140 valence electrons. The van der Waals surface area contributed by atoms with E-state index < -0.39 is 36.1 Å². The molecule has 0 amide bonds. The van der Waals surface area contributed by atoms with Gasteiger partial charge in [0.15, 0.2) is 29.4 Å². The number of aryl methyl sites for hydroxylation is 1. The van der Waals surface area contributed by atoms with Crippen LogP contribution in [-0.4, -0.2) is 34.7 Å². The Hall–Kier alpha value is -2.98. The van der Waals surface area contributed by atoms with Crippen LogP contribution in [0.3, 0.4) is 0 Å². The van der Waals surface area contributed by atoms with E-state index in [4.69, 9.17) is 5.73 Å². The molecule has 2 N–H and O–H groups in total. The van der Waals surface area contributed by atoms with Crippen LogP contribution in [0.1, 0.15) is 12.6 Å². The number of ether oxygens (including phenoxy) is 1. The predicted octanol–water partition coefficient (Wildman–Crippen LogP) is 3.53. The molecule has 1 aromatic carbocycles. The van der Waals surface area contributed by atoms with Gasteiger partial charge in [-0.1, -0.05) is 0 Å². The summed E-state index contributed by atoms with van der Waals surface area (Å²) < 4.78 is 70.4. The fraction of sp³-hybridized carbons (Fsp3) is 0.267. The van der Waals surface area contributed by atoms with Gasteiger partial charge in [0.25, 0.3) is 6.43 Å². The van der Waals surface area contributed by atoms with Crippen molar-refractivity contribution in [2.24, 2.45) is 10.7 Å². The lowest BCUT2D eigenvalue weighted by molar-refractivity contribution is -0.00761. The molecule has 2 rings (SSSR count). The molecule has 11 heteroatoms. The van der Waals surface area contributed by atoms with Crippen molar-refractivity contribution >= 4 is 18.2 Å². The first kappa shape index (κ1) is 19.3. The van der Waals surface area contributed by atoms with Crippen molar-refractivity contribution in [2.75, 3.05) is 0 Å². The van der Waals surface area contributed by atoms with Gasteiger partial charge in [0, 0.05) is 0 Å². The SMILES string of the molecule is Cc1nn(C(=O)OC(C)C(F)F)c(/N=C\N)c1-c1cc(F)c(F)c(F)c1. The number of benzene rings is 1. The van der Waals surface area contributed by atoms with E-state index in [0.29, 0.717) is 16.8 Å². The average Bonchev–Trinajstić information content (AvgIpc) is 2.89. The van der Waals surface area contributed by atoms with Gasteiger partial charge >= 0.3 is 6.09 Å². The van der Waals surface area contributed by atoms with Crippen molar-refractivity contribution < 1.29 is 31.5 Å². The Morgan fingerprint density at radius 1 is 1.31 bits per heavy atom. The highest BCUT2D eigenvalue weighted by Crippen LogP contribution is 2.35. The summed E-state index contributed by atoms with van der Waals surface area (Å²) in [5.41, 5.74) is 5.03. The van der Waals surface area contributed by atoms with Gasteiger partial charge in [0.2, 0.25) is 0 Å². The van der Waals surface area contributed by atoms with Crippen molar-refractivity contribution in [3.63, 3.8) is 0 Å². The number of aromatic nitrogens is 2. The zero-order chi connectivity index (χ0) is 19.6. The van der Waals surface area contributed by atoms with Gasteiger partial charge in [-0.3, -0.25) is 0 Å². The molecule has 26 heavy (non-hydrogen) atoms. The third kappa shape index (κ3) is 3.65. The van der Waals surface area contributed by atoms with Crippen LogP contribution < -0.4 is 5.73 Å². The van der Waals surface area contributed by atoms with Crippen molar-refractivity contribution in [2.45, 2.75) is 26.4 Å². The Morgan fingerprint density at radius 2 is 1.88 bits per heavy atom. The molecule has 0 spiro atoms. The average molecular weight is 376 g/mol. The molecular formula is C15H13F5N4O2. The monoisotopic (exact) mass is 376 g/mol. The topological polar surface area (TPSA) is 82.5 Å². The normalized spacial score (nSPS) is 12.8. The smallest absolute Gasteiger partial charge is 0.437 e. The van der Waals surface area contributed by atoms with Crippen LogP contribution in [0.5, 0.6) is 0 Å². The summed E-state index contributed by atoms with van der Waals surface area (Å²) in [5.74, 6) is -4.93. The van der Waals surface area contributed by atoms with Crippen molar-refractivity contribution in [1.82, 2.24) is 9.78 Å². The Kier molecular flexibility index (Phi) is 5.58. The van der Waals surface area contributed by atoms with Crippen LogP contribution >= 0.6 is 0 Å². The standard InChI is InChI=1S/C15H13F5N4O2/c1-6-11(8-3-9(16)12(18)10(17)4-8)14(22-5-21)24(23-6)15(25)26-7(2)13(19)20/h3-5,7,13H,1-2H3,(H2,21,22). The number of alkyl halides is 2. The lowest BCUT2D eigenvalue weighted by atomic mass is 10.1. The number of hydrogen-bond donors (Lipinski definition) is 1. The summed E-state index contributed by atoms with van der Waals surface area (Å²) in [6, 6.07) is 1.35. The molecule has 0 fully saturated rings. The summed E-state index contributed by atoms with van der Waals surface area (Å²) >= 11 is 0. The molecule has 0 aliphatic carbocycles. The Labute approximate surface area is 144 Å². The van der Waals surface area contributed by atoms with E-state index in [1.165, 1.54) is 6.92 Å². The molecule has 0 saturated carbocycles. The fourth-order valence-corrected chi connectivity index (χ4v) is 2.13. The summed E-state index contributed by atoms with van der Waals surface area (Å²) in [4.78, 5) is 15.7. The quantitative estimate of drug-likeness (QED) is 0.383. The van der Waals surface area contributed by atoms with E-state index in [0.717, 1.165) is 13.3 Å². The van der Waals surface area contributed by atoms with E-state index >= 15 is 0 Å². The molecule has 1 heterocycles. The summed E-state index contributed by atoms with van der Waals surface area (Å²) in [6.45, 7) is 2.33. The zero-order valence-corrected chi connectivity index (χ0v) is 13.5. The first-order valence-electron chi connectivity index (χ1n) is 7.15. The molecule has 1 aromatic heterocycles. The minimum Gasteiger partial charge on any atom is -0.439 e. The van der Waals surface area contributed by atoms with Gasteiger partial charge in [-0.2, -0.15) is 5.10 Å². The highest BCUT2D eigenvalue weighted by Gasteiger charge is 2.26. The Morgan fingerprint density at radius 3 is 2.38 bits per heavy atom. The van der Waals surface area contributed by atoms with Gasteiger partial charge < -0.3 is 10.5 Å². The van der Waals surface area contributed by atoms with Crippen molar-refractivity contribution in [3.8, 4) is 11.1 Å². The molecule has 1 atom stereocenters. The highest BCUT2D eigenvalue weighted by atomic mass is 19.3. The number of carbonyl (C=O) groups excluding carboxylic acids is 1. The predicted molar refractivity (Wildman–Crippen MR) is 82.0 cm³/mol. The zero-order valence-electron chi connectivity index (χ0n) is 13.5. The second kappa shape index (κ2) is 7.50. The van der Waals surface area contributed by atoms with Gasteiger partial charge in [-0.15, -0.1) is 4.68 Å². The van der Waals surface area contributed by atoms with Crippen molar-refractivity contribution in [1.29, 1.82) is 0 Å². The number of halogens is 5. The minimum absolute atomic E-state index is 0.0499. The molecule has 1 unspecified atom stereocenters. The van der Waals surface area contributed by atoms with Crippen LogP contribution in [0.25, 0.3) is 11.1 Å². The molecular weight excluding hydrogens is 363 g/mol. The molecule has 0 saturated heterocycles. The van der Waals surface area contributed by atoms with E-state index in [1.807, 2.05) is 0 Å². The van der Waals surface area contributed by atoms with Gasteiger partial charge in [0.05, 0.1) is 17.6 Å².